The van der Waals surface area contributed by atoms with Gasteiger partial charge < -0.3 is 0 Å². The van der Waals surface area contributed by atoms with Gasteiger partial charge in [-0.2, -0.15) is 4.55 Å². The van der Waals surface area contributed by atoms with E-state index in [1.807, 2.05) is 31.2 Å². The minimum Gasteiger partial charge on any atom is -0.163 e. The number of hydrogen-bond acceptors (Lipinski definition) is 1. The summed E-state index contributed by atoms with van der Waals surface area (Å²) in [5.74, 6) is 0. The maximum absolute atomic E-state index is 8.91. The molecule has 0 aliphatic heterocycles. The molecule has 0 spiro atoms. The summed E-state index contributed by atoms with van der Waals surface area (Å²) in [6, 6.07) is 7.50. The molecule has 0 heterocycles. The lowest BCUT2D eigenvalue weighted by molar-refractivity contribution is 0.653. The van der Waals surface area contributed by atoms with E-state index < -0.39 is 10.4 Å². The molecule has 1 rings (SSSR count). The van der Waals surface area contributed by atoms with Crippen LogP contribution in [0.25, 0.3) is 0 Å². The third-order valence-corrected chi connectivity index (χ3v) is 2.41. The van der Waals surface area contributed by atoms with Crippen LogP contribution < -0.4 is 0 Å². The molecule has 0 amide bonds. The molecule has 54 valence electrons. The smallest absolute Gasteiger partial charge is 0.163 e. The first-order valence-electron chi connectivity index (χ1n) is 2.86. The fourth-order valence-electron chi connectivity index (χ4n) is 0.651. The molecule has 0 fully saturated rings. The van der Waals surface area contributed by atoms with E-state index >= 15 is 0 Å². The van der Waals surface area contributed by atoms with Crippen LogP contribution in [0, 0.1) is 6.92 Å². The van der Waals surface area contributed by atoms with Crippen molar-refractivity contribution >= 4 is 21.1 Å². The SMILES string of the molecule is Cc1ccc([S+](O)Cl)cc1. The zero-order valence-corrected chi connectivity index (χ0v) is 7.12. The van der Waals surface area contributed by atoms with Gasteiger partial charge >= 0.3 is 0 Å². The summed E-state index contributed by atoms with van der Waals surface area (Å²) in [5.41, 5.74) is 1.17. The van der Waals surface area contributed by atoms with Gasteiger partial charge in [0.25, 0.3) is 10.4 Å². The molecule has 0 aliphatic rings. The van der Waals surface area contributed by atoms with Gasteiger partial charge in [-0.1, -0.05) is 17.7 Å². The van der Waals surface area contributed by atoms with E-state index in [0.717, 1.165) is 4.90 Å². The Morgan fingerprint density at radius 1 is 1.30 bits per heavy atom. The van der Waals surface area contributed by atoms with Crippen molar-refractivity contribution in [3.63, 3.8) is 0 Å². The summed E-state index contributed by atoms with van der Waals surface area (Å²) in [7, 11) is 4.32. The monoisotopic (exact) mass is 175 g/mol. The van der Waals surface area contributed by atoms with Crippen molar-refractivity contribution in [1.29, 1.82) is 0 Å². The molecule has 0 bridgehead atoms. The molecular formula is C7H8ClOS+. The van der Waals surface area contributed by atoms with Gasteiger partial charge in [0.1, 0.15) is 0 Å². The Balaban J connectivity index is 2.89. The van der Waals surface area contributed by atoms with Crippen molar-refractivity contribution in [2.75, 3.05) is 0 Å². The van der Waals surface area contributed by atoms with E-state index in [1.165, 1.54) is 5.56 Å². The summed E-state index contributed by atoms with van der Waals surface area (Å²) in [6.45, 7) is 1.99. The molecule has 0 radical (unpaired) electrons. The minimum atomic E-state index is -1.12. The van der Waals surface area contributed by atoms with Crippen molar-refractivity contribution in [1.82, 2.24) is 0 Å². The lowest BCUT2D eigenvalue weighted by atomic mass is 10.2. The second-order valence-electron chi connectivity index (χ2n) is 2.05. The molecule has 1 atom stereocenters. The van der Waals surface area contributed by atoms with Crippen LogP contribution in [-0.2, 0) is 10.4 Å². The molecule has 1 unspecified atom stereocenters. The Hall–Kier alpha value is -0.180. The fourth-order valence-corrected chi connectivity index (χ4v) is 1.32. The molecule has 1 N–H and O–H groups in total. The number of aryl methyl sites for hydroxylation is 1. The normalized spacial score (nSPS) is 13.1. The maximum Gasteiger partial charge on any atom is 0.299 e. The van der Waals surface area contributed by atoms with Gasteiger partial charge in [-0.15, -0.1) is 0 Å². The zero-order valence-electron chi connectivity index (χ0n) is 5.54. The summed E-state index contributed by atoms with van der Waals surface area (Å²) in [4.78, 5) is 0.771. The molecule has 1 nitrogen and oxygen atoms in total. The van der Waals surface area contributed by atoms with Crippen LogP contribution in [0.5, 0.6) is 0 Å². The number of halogens is 1. The third-order valence-electron chi connectivity index (χ3n) is 1.22. The van der Waals surface area contributed by atoms with Gasteiger partial charge in [-0.25, -0.2) is 0 Å². The molecule has 10 heavy (non-hydrogen) atoms. The van der Waals surface area contributed by atoms with E-state index in [2.05, 4.69) is 0 Å². The Morgan fingerprint density at radius 2 is 1.80 bits per heavy atom. The van der Waals surface area contributed by atoms with Gasteiger partial charge in [-0.3, -0.25) is 0 Å². The van der Waals surface area contributed by atoms with Crippen LogP contribution in [0.1, 0.15) is 5.56 Å². The van der Waals surface area contributed by atoms with Crippen molar-refractivity contribution in [3.05, 3.63) is 29.8 Å². The highest BCUT2D eigenvalue weighted by Gasteiger charge is 2.14. The fraction of sp³-hybridized carbons (Fsp3) is 0.143. The zero-order chi connectivity index (χ0) is 7.56. The molecule has 0 saturated carbocycles. The lowest BCUT2D eigenvalue weighted by Crippen LogP contribution is -1.88. The molecule has 1 aromatic carbocycles. The number of hydrogen-bond donors (Lipinski definition) is 1. The van der Waals surface area contributed by atoms with Crippen LogP contribution in [0.4, 0.5) is 0 Å². The first kappa shape index (κ1) is 7.92. The number of rotatable bonds is 1. The largest absolute Gasteiger partial charge is 0.299 e. The second kappa shape index (κ2) is 3.28. The first-order valence-corrected chi connectivity index (χ1v) is 4.87. The average Bonchev–Trinajstić information content (AvgIpc) is 1.88. The van der Waals surface area contributed by atoms with Crippen molar-refractivity contribution in [2.45, 2.75) is 11.8 Å². The molecule has 0 saturated heterocycles. The average molecular weight is 176 g/mol. The predicted molar refractivity (Wildman–Crippen MR) is 45.3 cm³/mol. The van der Waals surface area contributed by atoms with Gasteiger partial charge in [-0.05, 0) is 19.1 Å². The predicted octanol–water partition coefficient (Wildman–Crippen LogP) is 2.60. The van der Waals surface area contributed by atoms with Crippen LogP contribution in [-0.4, -0.2) is 4.55 Å². The summed E-state index contributed by atoms with van der Waals surface area (Å²) >= 11 is 0. The van der Waals surface area contributed by atoms with Crippen molar-refractivity contribution in [2.24, 2.45) is 0 Å². The van der Waals surface area contributed by atoms with Crippen molar-refractivity contribution in [3.8, 4) is 0 Å². The Kier molecular flexibility index (Phi) is 2.60. The summed E-state index contributed by atoms with van der Waals surface area (Å²) in [5, 5.41) is 0. The lowest BCUT2D eigenvalue weighted by Gasteiger charge is -1.89. The van der Waals surface area contributed by atoms with Gasteiger partial charge in [0.2, 0.25) is 15.6 Å². The molecule has 3 heteroatoms. The van der Waals surface area contributed by atoms with Crippen LogP contribution in [0.2, 0.25) is 0 Å². The van der Waals surface area contributed by atoms with Crippen LogP contribution in [0.3, 0.4) is 0 Å². The first-order chi connectivity index (χ1) is 4.70. The van der Waals surface area contributed by atoms with E-state index in [9.17, 15) is 0 Å². The highest BCUT2D eigenvalue weighted by atomic mass is 35.7. The van der Waals surface area contributed by atoms with Crippen molar-refractivity contribution < 1.29 is 4.55 Å². The Labute approximate surface area is 67.7 Å². The highest BCUT2D eigenvalue weighted by Crippen LogP contribution is 2.14. The summed E-state index contributed by atoms with van der Waals surface area (Å²) < 4.78 is 8.91. The van der Waals surface area contributed by atoms with Crippen LogP contribution >= 0.6 is 10.7 Å². The van der Waals surface area contributed by atoms with E-state index in [1.54, 1.807) is 0 Å². The number of benzene rings is 1. The molecule has 0 aliphatic carbocycles. The van der Waals surface area contributed by atoms with E-state index in [0.29, 0.717) is 0 Å². The Bertz CT molecular complexity index is 207. The molecular weight excluding hydrogens is 168 g/mol. The molecule has 1 aromatic rings. The maximum atomic E-state index is 8.91. The van der Waals surface area contributed by atoms with E-state index in [-0.39, 0.29) is 0 Å². The van der Waals surface area contributed by atoms with Gasteiger partial charge in [0, 0.05) is 0 Å². The second-order valence-corrected chi connectivity index (χ2v) is 3.87. The quantitative estimate of drug-likeness (QED) is 0.651. The minimum absolute atomic E-state index is 0.771. The molecule has 0 aromatic heterocycles. The van der Waals surface area contributed by atoms with Crippen LogP contribution in [0.15, 0.2) is 29.2 Å². The summed E-state index contributed by atoms with van der Waals surface area (Å²) in [6.07, 6.45) is 0. The van der Waals surface area contributed by atoms with Gasteiger partial charge in [0.05, 0.1) is 0 Å². The standard InChI is InChI=1S/C7H8ClOS/c1-6-2-4-7(5-3-6)10(8)9/h2-5,9H,1H3/q+1. The Morgan fingerprint density at radius 3 is 2.20 bits per heavy atom. The van der Waals surface area contributed by atoms with E-state index in [4.69, 9.17) is 15.2 Å². The highest BCUT2D eigenvalue weighted by molar-refractivity contribution is 8.13. The third kappa shape index (κ3) is 1.90. The topological polar surface area (TPSA) is 20.2 Å². The van der Waals surface area contributed by atoms with Gasteiger partial charge in [0.15, 0.2) is 0 Å².